The second-order valence-corrected chi connectivity index (χ2v) is 6.63. The number of nitrogens with zero attached hydrogens (tertiary/aromatic N) is 2. The van der Waals surface area contributed by atoms with Crippen molar-refractivity contribution in [3.8, 4) is 5.75 Å². The highest BCUT2D eigenvalue weighted by molar-refractivity contribution is 5.83. The molecule has 0 unspecified atom stereocenters. The fraction of sp³-hybridized carbons (Fsp3) is 0.130. The van der Waals surface area contributed by atoms with Gasteiger partial charge in [-0.25, -0.2) is 9.37 Å². The number of pyridine rings is 2. The molecule has 2 aromatic heterocycles. The number of aromatic nitrogens is 2. The fourth-order valence-electron chi connectivity index (χ4n) is 3.11. The number of rotatable bonds is 7. The SMILES string of the molecule is COc1ccc(F)cc1CNc1ccc2cc(NCc3cccnc3)ccc2n1. The van der Waals surface area contributed by atoms with Crippen LogP contribution in [0, 0.1) is 5.82 Å². The second kappa shape index (κ2) is 8.56. The normalized spacial score (nSPS) is 10.7. The Labute approximate surface area is 168 Å². The molecule has 0 aliphatic rings. The number of nitrogens with one attached hydrogen (secondary N) is 2. The minimum atomic E-state index is -0.291. The zero-order chi connectivity index (χ0) is 20.1. The number of fused-ring (bicyclic) bond motifs is 1. The third kappa shape index (κ3) is 4.60. The monoisotopic (exact) mass is 388 g/mol. The van der Waals surface area contributed by atoms with Crippen LogP contribution in [0.2, 0.25) is 0 Å². The quantitative estimate of drug-likeness (QED) is 0.466. The molecule has 2 heterocycles. The van der Waals surface area contributed by atoms with E-state index < -0.39 is 0 Å². The van der Waals surface area contributed by atoms with Crippen LogP contribution in [0.1, 0.15) is 11.1 Å². The first-order valence-electron chi connectivity index (χ1n) is 9.31. The van der Waals surface area contributed by atoms with Crippen molar-refractivity contribution in [3.05, 3.63) is 90.0 Å². The molecule has 0 fully saturated rings. The van der Waals surface area contributed by atoms with E-state index in [0.29, 0.717) is 18.8 Å². The number of ether oxygens (including phenoxy) is 1. The number of benzene rings is 2. The molecule has 0 amide bonds. The van der Waals surface area contributed by atoms with E-state index in [1.54, 1.807) is 19.4 Å². The highest BCUT2D eigenvalue weighted by Gasteiger charge is 2.06. The summed E-state index contributed by atoms with van der Waals surface area (Å²) in [7, 11) is 1.57. The molecule has 4 rings (SSSR count). The molecule has 2 N–H and O–H groups in total. The van der Waals surface area contributed by atoms with Crippen LogP contribution in [-0.4, -0.2) is 17.1 Å². The molecule has 0 saturated heterocycles. The van der Waals surface area contributed by atoms with E-state index in [1.807, 2.05) is 42.6 Å². The van der Waals surface area contributed by atoms with Crippen molar-refractivity contribution in [1.29, 1.82) is 0 Å². The van der Waals surface area contributed by atoms with Crippen LogP contribution in [0.25, 0.3) is 10.9 Å². The Kier molecular flexibility index (Phi) is 5.52. The van der Waals surface area contributed by atoms with E-state index in [4.69, 9.17) is 4.74 Å². The van der Waals surface area contributed by atoms with Gasteiger partial charge in [0.15, 0.2) is 0 Å². The number of halogens is 1. The zero-order valence-electron chi connectivity index (χ0n) is 16.0. The van der Waals surface area contributed by atoms with Gasteiger partial charge in [-0.1, -0.05) is 6.07 Å². The lowest BCUT2D eigenvalue weighted by molar-refractivity contribution is 0.409. The molecule has 0 aliphatic carbocycles. The van der Waals surface area contributed by atoms with Gasteiger partial charge in [-0.2, -0.15) is 0 Å². The highest BCUT2D eigenvalue weighted by atomic mass is 19.1. The van der Waals surface area contributed by atoms with E-state index in [-0.39, 0.29) is 5.82 Å². The van der Waals surface area contributed by atoms with Gasteiger partial charge >= 0.3 is 0 Å². The van der Waals surface area contributed by atoms with Crippen LogP contribution in [0.4, 0.5) is 15.9 Å². The van der Waals surface area contributed by atoms with Gasteiger partial charge in [-0.15, -0.1) is 0 Å². The number of hydrogen-bond donors (Lipinski definition) is 2. The summed E-state index contributed by atoms with van der Waals surface area (Å²) in [5.74, 6) is 1.07. The molecule has 2 aromatic carbocycles. The Morgan fingerprint density at radius 2 is 1.90 bits per heavy atom. The molecule has 0 aliphatic heterocycles. The third-order valence-corrected chi connectivity index (χ3v) is 4.61. The average Bonchev–Trinajstić information content (AvgIpc) is 2.77. The van der Waals surface area contributed by atoms with Crippen molar-refractivity contribution in [2.45, 2.75) is 13.1 Å². The minimum Gasteiger partial charge on any atom is -0.496 e. The van der Waals surface area contributed by atoms with Gasteiger partial charge in [0, 0.05) is 42.1 Å². The highest BCUT2D eigenvalue weighted by Crippen LogP contribution is 2.23. The molecule has 29 heavy (non-hydrogen) atoms. The summed E-state index contributed by atoms with van der Waals surface area (Å²) in [4.78, 5) is 8.77. The molecule has 0 spiro atoms. The summed E-state index contributed by atoms with van der Waals surface area (Å²) in [6.45, 7) is 1.13. The van der Waals surface area contributed by atoms with Crippen LogP contribution in [0.3, 0.4) is 0 Å². The van der Waals surface area contributed by atoms with Gasteiger partial charge in [-0.3, -0.25) is 4.98 Å². The molecule has 0 radical (unpaired) electrons. The Balaban J connectivity index is 1.45. The number of anilines is 2. The van der Waals surface area contributed by atoms with E-state index in [1.165, 1.54) is 12.1 Å². The smallest absolute Gasteiger partial charge is 0.126 e. The van der Waals surface area contributed by atoms with Gasteiger partial charge in [-0.05, 0) is 60.2 Å². The summed E-state index contributed by atoms with van der Waals surface area (Å²) < 4.78 is 18.8. The van der Waals surface area contributed by atoms with Crippen LogP contribution in [0.15, 0.2) is 73.1 Å². The Morgan fingerprint density at radius 1 is 0.966 bits per heavy atom. The summed E-state index contributed by atoms with van der Waals surface area (Å²) >= 11 is 0. The molecular formula is C23H21FN4O. The van der Waals surface area contributed by atoms with Gasteiger partial charge in [0.05, 0.1) is 12.6 Å². The predicted molar refractivity (Wildman–Crippen MR) is 114 cm³/mol. The lowest BCUT2D eigenvalue weighted by Crippen LogP contribution is -2.04. The maximum atomic E-state index is 13.5. The number of methoxy groups -OCH3 is 1. The van der Waals surface area contributed by atoms with Crippen LogP contribution in [-0.2, 0) is 13.1 Å². The maximum absolute atomic E-state index is 13.5. The van der Waals surface area contributed by atoms with Crippen LogP contribution < -0.4 is 15.4 Å². The molecule has 146 valence electrons. The van der Waals surface area contributed by atoms with Gasteiger partial charge < -0.3 is 15.4 Å². The van der Waals surface area contributed by atoms with Crippen LogP contribution >= 0.6 is 0 Å². The molecule has 5 nitrogen and oxygen atoms in total. The van der Waals surface area contributed by atoms with Crippen LogP contribution in [0.5, 0.6) is 5.75 Å². The van der Waals surface area contributed by atoms with Crippen molar-refractivity contribution in [2.75, 3.05) is 17.7 Å². The zero-order valence-corrected chi connectivity index (χ0v) is 16.0. The Bertz CT molecular complexity index is 1120. The van der Waals surface area contributed by atoms with E-state index in [0.717, 1.165) is 33.5 Å². The van der Waals surface area contributed by atoms with Gasteiger partial charge in [0.25, 0.3) is 0 Å². The topological polar surface area (TPSA) is 59.1 Å². The molecule has 4 aromatic rings. The second-order valence-electron chi connectivity index (χ2n) is 6.63. The maximum Gasteiger partial charge on any atom is 0.126 e. The van der Waals surface area contributed by atoms with Crippen molar-refractivity contribution in [1.82, 2.24) is 9.97 Å². The predicted octanol–water partition coefficient (Wildman–Crippen LogP) is 5.00. The lowest BCUT2D eigenvalue weighted by atomic mass is 10.1. The first kappa shape index (κ1) is 18.7. The Morgan fingerprint density at radius 3 is 2.72 bits per heavy atom. The van der Waals surface area contributed by atoms with E-state index >= 15 is 0 Å². The summed E-state index contributed by atoms with van der Waals surface area (Å²) in [6, 6.07) is 18.4. The first-order chi connectivity index (χ1) is 14.2. The largest absolute Gasteiger partial charge is 0.496 e. The lowest BCUT2D eigenvalue weighted by Gasteiger charge is -2.11. The fourth-order valence-corrected chi connectivity index (χ4v) is 3.11. The first-order valence-corrected chi connectivity index (χ1v) is 9.31. The minimum absolute atomic E-state index is 0.291. The molecular weight excluding hydrogens is 367 g/mol. The summed E-state index contributed by atoms with van der Waals surface area (Å²) in [5, 5.41) is 7.67. The summed E-state index contributed by atoms with van der Waals surface area (Å²) in [6.07, 6.45) is 3.61. The molecule has 0 atom stereocenters. The van der Waals surface area contributed by atoms with E-state index in [9.17, 15) is 4.39 Å². The van der Waals surface area contributed by atoms with Crippen molar-refractivity contribution >= 4 is 22.4 Å². The van der Waals surface area contributed by atoms with Crippen molar-refractivity contribution in [2.24, 2.45) is 0 Å². The van der Waals surface area contributed by atoms with Crippen molar-refractivity contribution in [3.63, 3.8) is 0 Å². The third-order valence-electron chi connectivity index (χ3n) is 4.61. The average molecular weight is 388 g/mol. The van der Waals surface area contributed by atoms with Crippen molar-refractivity contribution < 1.29 is 9.13 Å². The standard InChI is InChI=1S/C23H21FN4O/c1-29-22-8-5-19(24)11-18(22)15-27-23-9-4-17-12-20(6-7-21(17)28-23)26-14-16-3-2-10-25-13-16/h2-13,26H,14-15H2,1H3,(H,27,28). The molecule has 0 bridgehead atoms. The number of hydrogen-bond acceptors (Lipinski definition) is 5. The summed E-state index contributed by atoms with van der Waals surface area (Å²) in [5.41, 5.74) is 3.77. The Hall–Kier alpha value is -3.67. The molecule has 0 saturated carbocycles. The van der Waals surface area contributed by atoms with Gasteiger partial charge in [0.1, 0.15) is 17.4 Å². The van der Waals surface area contributed by atoms with Gasteiger partial charge in [0.2, 0.25) is 0 Å². The van der Waals surface area contributed by atoms with E-state index in [2.05, 4.69) is 26.7 Å². The molecule has 6 heteroatoms.